The van der Waals surface area contributed by atoms with Crippen LogP contribution in [0, 0.1) is 0 Å². The highest BCUT2D eigenvalue weighted by Crippen LogP contribution is 2.25. The first-order chi connectivity index (χ1) is 15.2. The van der Waals surface area contributed by atoms with E-state index < -0.39 is 15.9 Å². The molecule has 3 rings (SSSR count). The molecule has 0 fully saturated rings. The molecule has 0 aliphatic rings. The van der Waals surface area contributed by atoms with Gasteiger partial charge in [-0.15, -0.1) is 0 Å². The van der Waals surface area contributed by atoms with Crippen LogP contribution in [-0.4, -0.2) is 25.2 Å². The monoisotopic (exact) mass is 490 g/mol. The number of sulfonamides is 1. The molecular weight excluding hydrogens is 467 g/mol. The molecule has 0 saturated carbocycles. The fourth-order valence-corrected chi connectivity index (χ4v) is 4.98. The lowest BCUT2D eigenvalue weighted by molar-refractivity contribution is -0.116. The third-order valence-corrected chi connectivity index (χ3v) is 7.32. The summed E-state index contributed by atoms with van der Waals surface area (Å²) in [6.45, 7) is 3.72. The number of anilines is 1. The summed E-state index contributed by atoms with van der Waals surface area (Å²) in [4.78, 5) is 12.9. The highest BCUT2D eigenvalue weighted by atomic mass is 35.5. The molecule has 0 radical (unpaired) electrons. The van der Waals surface area contributed by atoms with Crippen molar-refractivity contribution in [2.45, 2.75) is 31.2 Å². The Balaban J connectivity index is 1.85. The first kappa shape index (κ1) is 24.3. The van der Waals surface area contributed by atoms with E-state index in [1.165, 1.54) is 12.1 Å². The SMILES string of the molecule is CC(C)c1ccc(NC(=O)CN(Cc2ccc(Cl)cc2Cl)S(=O)(=O)c2ccccc2)cc1. The second-order valence-electron chi connectivity index (χ2n) is 7.65. The van der Waals surface area contributed by atoms with Crippen LogP contribution in [0.1, 0.15) is 30.9 Å². The number of hydrogen-bond acceptors (Lipinski definition) is 3. The molecule has 0 unspecified atom stereocenters. The summed E-state index contributed by atoms with van der Waals surface area (Å²) in [6, 6.07) is 20.3. The lowest BCUT2D eigenvalue weighted by atomic mass is 10.0. The minimum atomic E-state index is -3.95. The fourth-order valence-electron chi connectivity index (χ4n) is 3.12. The van der Waals surface area contributed by atoms with Crippen molar-refractivity contribution < 1.29 is 13.2 Å². The fraction of sp³-hybridized carbons (Fsp3) is 0.208. The van der Waals surface area contributed by atoms with Crippen LogP contribution in [-0.2, 0) is 21.4 Å². The maximum absolute atomic E-state index is 13.3. The van der Waals surface area contributed by atoms with Gasteiger partial charge >= 0.3 is 0 Å². The summed E-state index contributed by atoms with van der Waals surface area (Å²) in [6.07, 6.45) is 0. The Labute approximate surface area is 199 Å². The van der Waals surface area contributed by atoms with Crippen molar-refractivity contribution in [3.05, 3.63) is 94.0 Å². The standard InChI is InChI=1S/C24H24Cl2N2O3S/c1-17(2)18-9-12-21(13-10-18)27-24(29)16-28(15-19-8-11-20(25)14-23(19)26)32(30,31)22-6-4-3-5-7-22/h3-14,17H,15-16H2,1-2H3,(H,27,29). The predicted octanol–water partition coefficient (Wildman–Crippen LogP) is 5.95. The Hall–Kier alpha value is -2.38. The number of benzene rings is 3. The zero-order valence-electron chi connectivity index (χ0n) is 17.8. The molecule has 0 aliphatic carbocycles. The summed E-state index contributed by atoms with van der Waals surface area (Å²) in [5.41, 5.74) is 2.29. The Morgan fingerprint density at radius 2 is 1.62 bits per heavy atom. The van der Waals surface area contributed by atoms with Crippen LogP contribution in [0.2, 0.25) is 10.0 Å². The molecule has 0 atom stereocenters. The molecule has 1 amide bonds. The van der Waals surface area contributed by atoms with Crippen LogP contribution in [0.4, 0.5) is 5.69 Å². The average molecular weight is 491 g/mol. The molecule has 32 heavy (non-hydrogen) atoms. The van der Waals surface area contributed by atoms with Gasteiger partial charge in [-0.3, -0.25) is 4.79 Å². The third-order valence-electron chi connectivity index (χ3n) is 4.92. The molecule has 1 N–H and O–H groups in total. The first-order valence-electron chi connectivity index (χ1n) is 10.1. The number of hydrogen-bond donors (Lipinski definition) is 1. The van der Waals surface area contributed by atoms with Gasteiger partial charge in [-0.2, -0.15) is 4.31 Å². The zero-order valence-corrected chi connectivity index (χ0v) is 20.1. The van der Waals surface area contributed by atoms with Gasteiger partial charge in [-0.25, -0.2) is 8.42 Å². The smallest absolute Gasteiger partial charge is 0.243 e. The summed E-state index contributed by atoms with van der Waals surface area (Å²) in [7, 11) is -3.95. The van der Waals surface area contributed by atoms with Gasteiger partial charge in [-0.05, 0) is 53.4 Å². The topological polar surface area (TPSA) is 66.5 Å². The van der Waals surface area contributed by atoms with Crippen molar-refractivity contribution in [2.75, 3.05) is 11.9 Å². The molecule has 168 valence electrons. The van der Waals surface area contributed by atoms with E-state index in [4.69, 9.17) is 23.2 Å². The van der Waals surface area contributed by atoms with Crippen molar-refractivity contribution in [2.24, 2.45) is 0 Å². The summed E-state index contributed by atoms with van der Waals surface area (Å²) in [5, 5.41) is 3.54. The van der Waals surface area contributed by atoms with Crippen molar-refractivity contribution in [3.63, 3.8) is 0 Å². The molecule has 8 heteroatoms. The van der Waals surface area contributed by atoms with Gasteiger partial charge in [-0.1, -0.05) is 73.4 Å². The van der Waals surface area contributed by atoms with Crippen LogP contribution < -0.4 is 5.32 Å². The minimum absolute atomic E-state index is 0.0765. The summed E-state index contributed by atoms with van der Waals surface area (Å²) in [5.74, 6) is -0.0812. The lowest BCUT2D eigenvalue weighted by Gasteiger charge is -2.22. The second-order valence-corrected chi connectivity index (χ2v) is 10.4. The molecule has 0 saturated heterocycles. The van der Waals surface area contributed by atoms with E-state index in [1.807, 2.05) is 12.1 Å². The third kappa shape index (κ3) is 6.11. The van der Waals surface area contributed by atoms with Crippen molar-refractivity contribution in [1.29, 1.82) is 0 Å². The van der Waals surface area contributed by atoms with Crippen LogP contribution >= 0.6 is 23.2 Å². The maximum atomic E-state index is 13.3. The normalized spacial score (nSPS) is 11.7. The van der Waals surface area contributed by atoms with E-state index in [0.29, 0.717) is 27.2 Å². The van der Waals surface area contributed by atoms with Crippen LogP contribution in [0.5, 0.6) is 0 Å². The largest absolute Gasteiger partial charge is 0.325 e. The molecule has 3 aromatic rings. The van der Waals surface area contributed by atoms with E-state index in [2.05, 4.69) is 19.2 Å². The van der Waals surface area contributed by atoms with Crippen LogP contribution in [0.15, 0.2) is 77.7 Å². The van der Waals surface area contributed by atoms with Crippen LogP contribution in [0.3, 0.4) is 0 Å². The summed E-state index contributed by atoms with van der Waals surface area (Å²) >= 11 is 12.2. The van der Waals surface area contributed by atoms with Gasteiger partial charge in [0.1, 0.15) is 0 Å². The quantitative estimate of drug-likeness (QED) is 0.424. The molecule has 5 nitrogen and oxygen atoms in total. The molecule has 0 aromatic heterocycles. The van der Waals surface area contributed by atoms with Gasteiger partial charge in [0, 0.05) is 22.3 Å². The Bertz CT molecular complexity index is 1180. The zero-order chi connectivity index (χ0) is 23.3. The average Bonchev–Trinajstić information content (AvgIpc) is 2.76. The Kier molecular flexibility index (Phi) is 7.96. The van der Waals surface area contributed by atoms with E-state index in [1.54, 1.807) is 48.5 Å². The molecule has 0 heterocycles. The Morgan fingerprint density at radius 1 is 0.969 bits per heavy atom. The van der Waals surface area contributed by atoms with Gasteiger partial charge in [0.25, 0.3) is 0 Å². The van der Waals surface area contributed by atoms with Crippen molar-refractivity contribution in [1.82, 2.24) is 4.31 Å². The highest BCUT2D eigenvalue weighted by molar-refractivity contribution is 7.89. The highest BCUT2D eigenvalue weighted by Gasteiger charge is 2.27. The van der Waals surface area contributed by atoms with Gasteiger partial charge < -0.3 is 5.32 Å². The summed E-state index contributed by atoms with van der Waals surface area (Å²) < 4.78 is 27.7. The molecule has 0 bridgehead atoms. The number of amides is 1. The maximum Gasteiger partial charge on any atom is 0.243 e. The molecule has 0 spiro atoms. The van der Waals surface area contributed by atoms with Gasteiger partial charge in [0.05, 0.1) is 11.4 Å². The number of carbonyl (C=O) groups excluding carboxylic acids is 1. The number of rotatable bonds is 8. The number of nitrogens with one attached hydrogen (secondary N) is 1. The van der Waals surface area contributed by atoms with Crippen molar-refractivity contribution in [3.8, 4) is 0 Å². The Morgan fingerprint density at radius 3 is 2.22 bits per heavy atom. The predicted molar refractivity (Wildman–Crippen MR) is 130 cm³/mol. The minimum Gasteiger partial charge on any atom is -0.325 e. The van der Waals surface area contributed by atoms with Gasteiger partial charge in [0.2, 0.25) is 15.9 Å². The molecule has 0 aliphatic heterocycles. The van der Waals surface area contributed by atoms with E-state index in [-0.39, 0.29) is 18.0 Å². The van der Waals surface area contributed by atoms with Gasteiger partial charge in [0.15, 0.2) is 0 Å². The molecular formula is C24H24Cl2N2O3S. The van der Waals surface area contributed by atoms with Crippen molar-refractivity contribution >= 4 is 44.8 Å². The second kappa shape index (κ2) is 10.5. The number of halogens is 2. The first-order valence-corrected chi connectivity index (χ1v) is 12.3. The van der Waals surface area contributed by atoms with E-state index in [0.717, 1.165) is 9.87 Å². The number of carbonyl (C=O) groups is 1. The molecule has 3 aromatic carbocycles. The van der Waals surface area contributed by atoms with E-state index >= 15 is 0 Å². The number of nitrogens with zero attached hydrogens (tertiary/aromatic N) is 1. The van der Waals surface area contributed by atoms with E-state index in [9.17, 15) is 13.2 Å². The van der Waals surface area contributed by atoms with Crippen LogP contribution in [0.25, 0.3) is 0 Å². The lowest BCUT2D eigenvalue weighted by Crippen LogP contribution is -2.37.